The Labute approximate surface area is 243 Å². The molecule has 3 heterocycles. The van der Waals surface area contributed by atoms with Gasteiger partial charge in [0.1, 0.15) is 17.3 Å². The molecule has 0 radical (unpaired) electrons. The highest BCUT2D eigenvalue weighted by Crippen LogP contribution is 2.41. The lowest BCUT2D eigenvalue weighted by Crippen LogP contribution is -2.26. The van der Waals surface area contributed by atoms with Gasteiger partial charge in [-0.3, -0.25) is 4.99 Å². The molecule has 1 unspecified atom stereocenters. The van der Waals surface area contributed by atoms with E-state index in [0.717, 1.165) is 29.7 Å². The van der Waals surface area contributed by atoms with E-state index in [-0.39, 0.29) is 18.1 Å². The smallest absolute Gasteiger partial charge is 0.145 e. The van der Waals surface area contributed by atoms with Crippen LogP contribution >= 0.6 is 0 Å². The highest BCUT2D eigenvalue weighted by Gasteiger charge is 2.29. The van der Waals surface area contributed by atoms with Gasteiger partial charge in [-0.2, -0.15) is 0 Å². The molecule has 7 aromatic rings. The molecule has 1 aliphatic heterocycles. The van der Waals surface area contributed by atoms with E-state index in [0.29, 0.717) is 0 Å². The predicted octanol–water partition coefficient (Wildman–Crippen LogP) is 9.81. The molecule has 0 bridgehead atoms. The van der Waals surface area contributed by atoms with Crippen molar-refractivity contribution in [1.29, 1.82) is 0 Å². The number of aliphatic imine (C=N–C) groups is 1. The zero-order chi connectivity index (χ0) is 27.6. The molecular weight excluding hydrogens is 514 g/mol. The van der Waals surface area contributed by atoms with Gasteiger partial charge in [-0.1, -0.05) is 97.1 Å². The van der Waals surface area contributed by atoms with Crippen molar-refractivity contribution in [2.75, 3.05) is 5.32 Å². The minimum atomic E-state index is -0.0780. The summed E-state index contributed by atoms with van der Waals surface area (Å²) < 4.78 is 8.84. The number of furan rings is 1. The molecule has 2 aliphatic rings. The van der Waals surface area contributed by atoms with Gasteiger partial charge < -0.3 is 14.3 Å². The summed E-state index contributed by atoms with van der Waals surface area (Å²) in [5.41, 5.74) is 9.11. The first-order valence-corrected chi connectivity index (χ1v) is 14.8. The highest BCUT2D eigenvalue weighted by molar-refractivity contribution is 6.16. The molecule has 0 saturated carbocycles. The Hall–Kier alpha value is -5.09. The number of para-hydroxylation sites is 3. The maximum Gasteiger partial charge on any atom is 0.145 e. The number of aromatic nitrogens is 1. The van der Waals surface area contributed by atoms with Crippen molar-refractivity contribution in [3.05, 3.63) is 139 Å². The van der Waals surface area contributed by atoms with Crippen LogP contribution in [0, 0.1) is 5.92 Å². The summed E-state index contributed by atoms with van der Waals surface area (Å²) >= 11 is 0. The fourth-order valence-corrected chi connectivity index (χ4v) is 7.13. The van der Waals surface area contributed by atoms with Crippen molar-refractivity contribution in [3.8, 4) is 0 Å². The van der Waals surface area contributed by atoms with E-state index in [1.54, 1.807) is 0 Å². The van der Waals surface area contributed by atoms with E-state index in [2.05, 4.69) is 131 Å². The van der Waals surface area contributed by atoms with Crippen molar-refractivity contribution in [2.45, 2.75) is 25.0 Å². The first-order chi connectivity index (χ1) is 20.8. The molecule has 5 aromatic carbocycles. The lowest BCUT2D eigenvalue weighted by atomic mass is 9.84. The molecule has 4 nitrogen and oxygen atoms in total. The van der Waals surface area contributed by atoms with Gasteiger partial charge in [0, 0.05) is 50.3 Å². The number of nitrogens with zero attached hydrogens (tertiary/aromatic N) is 2. The maximum atomic E-state index is 6.32. The van der Waals surface area contributed by atoms with Crippen LogP contribution < -0.4 is 5.32 Å². The molecule has 9 rings (SSSR count). The SMILES string of the molecule is C1=C[C@H](C2=NC(c3ccccc3)Nc3ccccc32)CC[C@@H]1n1c2ccccc2c2cc3c(cc21)oc1ccccc13. The van der Waals surface area contributed by atoms with Crippen molar-refractivity contribution in [2.24, 2.45) is 10.9 Å². The molecule has 0 fully saturated rings. The molecule has 0 amide bonds. The molecule has 4 heteroatoms. The normalized spacial score (nSPS) is 20.2. The molecule has 1 aliphatic carbocycles. The van der Waals surface area contributed by atoms with E-state index in [4.69, 9.17) is 9.41 Å². The maximum absolute atomic E-state index is 6.32. The van der Waals surface area contributed by atoms with Gasteiger partial charge in [-0.15, -0.1) is 0 Å². The van der Waals surface area contributed by atoms with E-state index in [9.17, 15) is 0 Å². The highest BCUT2D eigenvalue weighted by atomic mass is 16.3. The number of allylic oxidation sites excluding steroid dienone is 2. The Bertz CT molecular complexity index is 2200. The summed E-state index contributed by atoms with van der Waals surface area (Å²) in [5, 5.41) is 8.57. The van der Waals surface area contributed by atoms with E-state index >= 15 is 0 Å². The lowest BCUT2D eigenvalue weighted by Gasteiger charge is -2.31. The third-order valence-corrected chi connectivity index (χ3v) is 9.11. The molecule has 0 spiro atoms. The van der Waals surface area contributed by atoms with Crippen LogP contribution in [0.1, 0.15) is 36.2 Å². The van der Waals surface area contributed by atoms with Gasteiger partial charge >= 0.3 is 0 Å². The van der Waals surface area contributed by atoms with Gasteiger partial charge in [-0.05, 0) is 42.7 Å². The van der Waals surface area contributed by atoms with Crippen LogP contribution in [0.2, 0.25) is 0 Å². The van der Waals surface area contributed by atoms with E-state index in [1.807, 2.05) is 6.07 Å². The summed E-state index contributed by atoms with van der Waals surface area (Å²) in [6.45, 7) is 0. The fraction of sp³-hybridized carbons (Fsp3) is 0.132. The largest absolute Gasteiger partial charge is 0.456 e. The molecule has 1 N–H and O–H groups in total. The third kappa shape index (κ3) is 3.58. The number of benzene rings is 5. The number of hydrogen-bond acceptors (Lipinski definition) is 3. The Morgan fingerprint density at radius 3 is 2.31 bits per heavy atom. The summed E-state index contributed by atoms with van der Waals surface area (Å²) in [6, 6.07) is 41.1. The van der Waals surface area contributed by atoms with Gasteiger partial charge in [0.05, 0.1) is 17.3 Å². The summed E-state index contributed by atoms with van der Waals surface area (Å²) in [5.74, 6) is 0.269. The lowest BCUT2D eigenvalue weighted by molar-refractivity contribution is 0.511. The van der Waals surface area contributed by atoms with Crippen molar-refractivity contribution in [3.63, 3.8) is 0 Å². The summed E-state index contributed by atoms with van der Waals surface area (Å²) in [6.07, 6.45) is 6.81. The van der Waals surface area contributed by atoms with Crippen molar-refractivity contribution in [1.82, 2.24) is 4.57 Å². The van der Waals surface area contributed by atoms with Crippen molar-refractivity contribution < 1.29 is 4.42 Å². The second-order valence-electron chi connectivity index (χ2n) is 11.5. The molecule has 3 atom stereocenters. The zero-order valence-corrected chi connectivity index (χ0v) is 23.1. The topological polar surface area (TPSA) is 42.5 Å². The monoisotopic (exact) mass is 543 g/mol. The Kier molecular flexibility index (Phi) is 5.18. The molecule has 2 aromatic heterocycles. The van der Waals surface area contributed by atoms with Crippen LogP contribution in [0.25, 0.3) is 43.7 Å². The number of fused-ring (bicyclic) bond motifs is 7. The van der Waals surface area contributed by atoms with Crippen LogP contribution in [0.5, 0.6) is 0 Å². The number of anilines is 1. The summed E-state index contributed by atoms with van der Waals surface area (Å²) in [7, 11) is 0. The second kappa shape index (κ2) is 9.22. The minimum absolute atomic E-state index is 0.0780. The molecule has 202 valence electrons. The average molecular weight is 544 g/mol. The molecule has 0 saturated heterocycles. The van der Waals surface area contributed by atoms with Crippen LogP contribution in [-0.4, -0.2) is 10.3 Å². The Morgan fingerprint density at radius 2 is 1.43 bits per heavy atom. The minimum Gasteiger partial charge on any atom is -0.456 e. The number of nitrogens with one attached hydrogen (secondary N) is 1. The average Bonchev–Trinajstić information content (AvgIpc) is 3.58. The van der Waals surface area contributed by atoms with Crippen LogP contribution in [0.3, 0.4) is 0 Å². The van der Waals surface area contributed by atoms with E-state index in [1.165, 1.54) is 49.4 Å². The zero-order valence-electron chi connectivity index (χ0n) is 23.1. The number of hydrogen-bond donors (Lipinski definition) is 1. The van der Waals surface area contributed by atoms with Gasteiger partial charge in [0.25, 0.3) is 0 Å². The van der Waals surface area contributed by atoms with Crippen LogP contribution in [0.15, 0.2) is 137 Å². The predicted molar refractivity (Wildman–Crippen MR) is 173 cm³/mol. The standard InChI is InChI=1S/C38H29N3O/c1-2-10-25(11-3-1)38-39-32-15-7-4-14-29(32)37(40-38)24-18-20-26(21-19-24)41-33-16-8-5-12-27(33)30-22-31-28-13-6-9-17-35(28)42-36(31)23-34(30)41/h1-18,20,22-24,26,38-39H,19,21H2/t24-,26+,38?/m0/s1. The van der Waals surface area contributed by atoms with Gasteiger partial charge in [-0.25, -0.2) is 0 Å². The Morgan fingerprint density at radius 1 is 0.643 bits per heavy atom. The van der Waals surface area contributed by atoms with Gasteiger partial charge in [0.15, 0.2) is 0 Å². The summed E-state index contributed by atoms with van der Waals surface area (Å²) in [4.78, 5) is 5.29. The Balaban J connectivity index is 1.14. The van der Waals surface area contributed by atoms with Gasteiger partial charge in [0.2, 0.25) is 0 Å². The number of rotatable bonds is 3. The molecular formula is C38H29N3O. The third-order valence-electron chi connectivity index (χ3n) is 9.11. The molecule has 42 heavy (non-hydrogen) atoms. The first kappa shape index (κ1) is 23.6. The quantitative estimate of drug-likeness (QED) is 0.225. The fourth-order valence-electron chi connectivity index (χ4n) is 7.13. The van der Waals surface area contributed by atoms with Crippen LogP contribution in [0.4, 0.5) is 5.69 Å². The van der Waals surface area contributed by atoms with E-state index < -0.39 is 0 Å². The first-order valence-electron chi connectivity index (χ1n) is 14.8. The second-order valence-corrected chi connectivity index (χ2v) is 11.5. The van der Waals surface area contributed by atoms with Crippen LogP contribution in [-0.2, 0) is 0 Å². The van der Waals surface area contributed by atoms with Crippen molar-refractivity contribution >= 4 is 55.1 Å².